The summed E-state index contributed by atoms with van der Waals surface area (Å²) in [6.45, 7) is 2.21. The number of pyridine rings is 1. The Labute approximate surface area is 145 Å². The molecule has 0 bridgehead atoms. The molecule has 1 fully saturated rings. The lowest BCUT2D eigenvalue weighted by molar-refractivity contribution is 0.0627. The third-order valence-corrected chi connectivity index (χ3v) is 4.45. The van der Waals surface area contributed by atoms with Gasteiger partial charge >= 0.3 is 0 Å². The molecule has 3 aromatic rings. The smallest absolute Gasteiger partial charge is 0.289 e. The van der Waals surface area contributed by atoms with E-state index >= 15 is 0 Å². The van der Waals surface area contributed by atoms with Gasteiger partial charge in [-0.3, -0.25) is 14.5 Å². The van der Waals surface area contributed by atoms with Crippen molar-refractivity contribution in [2.75, 3.05) is 13.1 Å². The number of aromatic nitrogens is 4. The van der Waals surface area contributed by atoms with Crippen molar-refractivity contribution in [1.82, 2.24) is 24.9 Å². The number of furan rings is 1. The van der Waals surface area contributed by atoms with E-state index in [9.17, 15) is 4.79 Å². The molecule has 128 valence electrons. The van der Waals surface area contributed by atoms with Gasteiger partial charge in [-0.25, -0.2) is 0 Å². The average Bonchev–Trinajstić information content (AvgIpc) is 3.34. The van der Waals surface area contributed by atoms with Gasteiger partial charge in [-0.05, 0) is 43.0 Å². The van der Waals surface area contributed by atoms with Gasteiger partial charge in [-0.15, -0.1) is 5.10 Å². The van der Waals surface area contributed by atoms with Gasteiger partial charge in [0.05, 0.1) is 18.2 Å². The summed E-state index contributed by atoms with van der Waals surface area (Å²) in [7, 11) is 0. The van der Waals surface area contributed by atoms with E-state index in [1.165, 1.54) is 6.26 Å². The van der Waals surface area contributed by atoms with Gasteiger partial charge in [0, 0.05) is 25.8 Å². The molecule has 0 saturated carbocycles. The number of amides is 1. The molecule has 0 radical (unpaired) electrons. The SMILES string of the molecule is O=C(c1ccco1)N1CCCC(Cn2cc(-c3ccccn3)nn2)C1. The van der Waals surface area contributed by atoms with Crippen LogP contribution in [-0.2, 0) is 6.54 Å². The minimum absolute atomic E-state index is 0.0394. The van der Waals surface area contributed by atoms with Crippen LogP contribution in [0.15, 0.2) is 53.4 Å². The summed E-state index contributed by atoms with van der Waals surface area (Å²) in [6.07, 6.45) is 7.24. The number of piperidine rings is 1. The molecule has 25 heavy (non-hydrogen) atoms. The predicted octanol–water partition coefficient (Wildman–Crippen LogP) is 2.49. The zero-order valence-corrected chi connectivity index (χ0v) is 13.8. The van der Waals surface area contributed by atoms with E-state index in [-0.39, 0.29) is 5.91 Å². The maximum atomic E-state index is 12.4. The van der Waals surface area contributed by atoms with Crippen LogP contribution in [0.3, 0.4) is 0 Å². The lowest BCUT2D eigenvalue weighted by atomic mass is 9.98. The largest absolute Gasteiger partial charge is 0.459 e. The molecule has 1 aliphatic heterocycles. The van der Waals surface area contributed by atoms with Crippen molar-refractivity contribution >= 4 is 5.91 Å². The Hall–Kier alpha value is -2.96. The third-order valence-electron chi connectivity index (χ3n) is 4.45. The highest BCUT2D eigenvalue weighted by Gasteiger charge is 2.26. The first-order valence-electron chi connectivity index (χ1n) is 8.44. The molecule has 0 spiro atoms. The zero-order chi connectivity index (χ0) is 17.1. The van der Waals surface area contributed by atoms with Crippen molar-refractivity contribution in [3.05, 3.63) is 54.7 Å². The lowest BCUT2D eigenvalue weighted by Gasteiger charge is -2.32. The maximum absolute atomic E-state index is 12.4. The van der Waals surface area contributed by atoms with E-state index in [1.54, 1.807) is 18.3 Å². The molecule has 4 heterocycles. The number of rotatable bonds is 4. The van der Waals surface area contributed by atoms with Gasteiger partial charge in [0.1, 0.15) is 5.69 Å². The molecule has 7 heteroatoms. The summed E-state index contributed by atoms with van der Waals surface area (Å²) in [5, 5.41) is 8.41. The number of carbonyl (C=O) groups excluding carboxylic acids is 1. The molecular weight excluding hydrogens is 318 g/mol. The maximum Gasteiger partial charge on any atom is 0.289 e. The number of carbonyl (C=O) groups is 1. The fourth-order valence-electron chi connectivity index (χ4n) is 3.24. The highest BCUT2D eigenvalue weighted by Crippen LogP contribution is 2.21. The normalized spacial score (nSPS) is 17.6. The Morgan fingerprint density at radius 3 is 3.00 bits per heavy atom. The monoisotopic (exact) mass is 337 g/mol. The average molecular weight is 337 g/mol. The first-order chi connectivity index (χ1) is 12.3. The number of hydrogen-bond donors (Lipinski definition) is 0. The van der Waals surface area contributed by atoms with Crippen LogP contribution >= 0.6 is 0 Å². The molecule has 0 aliphatic carbocycles. The van der Waals surface area contributed by atoms with Crippen LogP contribution in [0.2, 0.25) is 0 Å². The van der Waals surface area contributed by atoms with E-state index in [1.807, 2.05) is 34.0 Å². The number of nitrogens with zero attached hydrogens (tertiary/aromatic N) is 5. The van der Waals surface area contributed by atoms with E-state index in [0.29, 0.717) is 18.2 Å². The van der Waals surface area contributed by atoms with Crippen LogP contribution < -0.4 is 0 Å². The molecule has 1 saturated heterocycles. The molecule has 1 atom stereocenters. The first kappa shape index (κ1) is 15.6. The fourth-order valence-corrected chi connectivity index (χ4v) is 3.24. The Kier molecular flexibility index (Phi) is 4.28. The van der Waals surface area contributed by atoms with Crippen molar-refractivity contribution in [2.45, 2.75) is 19.4 Å². The summed E-state index contributed by atoms with van der Waals surface area (Å²) in [4.78, 5) is 18.6. The number of hydrogen-bond acceptors (Lipinski definition) is 5. The minimum atomic E-state index is -0.0394. The summed E-state index contributed by atoms with van der Waals surface area (Å²) >= 11 is 0. The molecule has 1 unspecified atom stereocenters. The molecule has 3 aromatic heterocycles. The van der Waals surface area contributed by atoms with Gasteiger partial charge in [0.15, 0.2) is 5.76 Å². The van der Waals surface area contributed by atoms with Crippen LogP contribution in [0.1, 0.15) is 23.4 Å². The highest BCUT2D eigenvalue weighted by atomic mass is 16.3. The van der Waals surface area contributed by atoms with Crippen molar-refractivity contribution in [2.24, 2.45) is 5.92 Å². The molecule has 7 nitrogen and oxygen atoms in total. The summed E-state index contributed by atoms with van der Waals surface area (Å²) < 4.78 is 7.07. The second-order valence-corrected chi connectivity index (χ2v) is 6.28. The molecule has 1 amide bonds. The van der Waals surface area contributed by atoms with Gasteiger partial charge < -0.3 is 9.32 Å². The topological polar surface area (TPSA) is 77.0 Å². The van der Waals surface area contributed by atoms with Crippen LogP contribution in [0, 0.1) is 5.92 Å². The minimum Gasteiger partial charge on any atom is -0.459 e. The Morgan fingerprint density at radius 1 is 1.24 bits per heavy atom. The van der Waals surface area contributed by atoms with Gasteiger partial charge in [0.2, 0.25) is 0 Å². The number of likely N-dealkylation sites (tertiary alicyclic amines) is 1. The molecule has 0 N–H and O–H groups in total. The first-order valence-corrected chi connectivity index (χ1v) is 8.44. The summed E-state index contributed by atoms with van der Waals surface area (Å²) in [5.74, 6) is 0.715. The Morgan fingerprint density at radius 2 is 2.20 bits per heavy atom. The zero-order valence-electron chi connectivity index (χ0n) is 13.8. The lowest BCUT2D eigenvalue weighted by Crippen LogP contribution is -2.41. The summed E-state index contributed by atoms with van der Waals surface area (Å²) in [6, 6.07) is 9.17. The van der Waals surface area contributed by atoms with Crippen molar-refractivity contribution < 1.29 is 9.21 Å². The quantitative estimate of drug-likeness (QED) is 0.731. The van der Waals surface area contributed by atoms with E-state index in [2.05, 4.69) is 15.3 Å². The van der Waals surface area contributed by atoms with Crippen molar-refractivity contribution in [3.8, 4) is 11.4 Å². The fraction of sp³-hybridized carbons (Fsp3) is 0.333. The molecule has 0 aromatic carbocycles. The highest BCUT2D eigenvalue weighted by molar-refractivity contribution is 5.91. The van der Waals surface area contributed by atoms with Crippen LogP contribution in [0.5, 0.6) is 0 Å². The van der Waals surface area contributed by atoms with Gasteiger partial charge in [-0.1, -0.05) is 11.3 Å². The molecule has 4 rings (SSSR count). The Bertz CT molecular complexity index is 828. The van der Waals surface area contributed by atoms with Crippen molar-refractivity contribution in [1.29, 1.82) is 0 Å². The standard InChI is InChI=1S/C18H19N5O2/c24-18(17-7-4-10-25-17)22-9-3-5-14(11-22)12-23-13-16(20-21-23)15-6-1-2-8-19-15/h1-2,4,6-8,10,13-14H,3,5,9,11-12H2. The van der Waals surface area contributed by atoms with Crippen LogP contribution in [-0.4, -0.2) is 43.9 Å². The van der Waals surface area contributed by atoms with Gasteiger partial charge in [0.25, 0.3) is 5.91 Å². The van der Waals surface area contributed by atoms with Crippen LogP contribution in [0.25, 0.3) is 11.4 Å². The van der Waals surface area contributed by atoms with Crippen LogP contribution in [0.4, 0.5) is 0 Å². The molecule has 1 aliphatic rings. The van der Waals surface area contributed by atoms with E-state index < -0.39 is 0 Å². The van der Waals surface area contributed by atoms with E-state index in [0.717, 1.165) is 37.3 Å². The van der Waals surface area contributed by atoms with E-state index in [4.69, 9.17) is 4.42 Å². The van der Waals surface area contributed by atoms with Crippen molar-refractivity contribution in [3.63, 3.8) is 0 Å². The third kappa shape index (κ3) is 3.45. The molecular formula is C18H19N5O2. The predicted molar refractivity (Wildman–Crippen MR) is 90.6 cm³/mol. The van der Waals surface area contributed by atoms with Gasteiger partial charge in [-0.2, -0.15) is 0 Å². The second kappa shape index (κ2) is 6.88. The second-order valence-electron chi connectivity index (χ2n) is 6.28. The Balaban J connectivity index is 1.41. The summed E-state index contributed by atoms with van der Waals surface area (Å²) in [5.41, 5.74) is 1.58.